The van der Waals surface area contributed by atoms with Gasteiger partial charge < -0.3 is 4.90 Å². The van der Waals surface area contributed by atoms with Gasteiger partial charge in [-0.3, -0.25) is 4.90 Å². The van der Waals surface area contributed by atoms with Gasteiger partial charge in [0.15, 0.2) is 0 Å². The number of likely N-dealkylation sites (N-methyl/N-ethyl adjacent to an activating group) is 1. The molecule has 2 rings (SSSR count). The zero-order chi connectivity index (χ0) is 11.4. The summed E-state index contributed by atoms with van der Waals surface area (Å²) < 4.78 is 0. The van der Waals surface area contributed by atoms with Gasteiger partial charge in [0.05, 0.1) is 0 Å². The molecular weight excluding hydrogens is 291 g/mol. The monoisotopic (exact) mass is 310 g/mol. The molecule has 1 aliphatic rings. The summed E-state index contributed by atoms with van der Waals surface area (Å²) in [5.74, 6) is 0.608. The average Bonchev–Trinajstić information content (AvgIpc) is 2.32. The highest BCUT2D eigenvalue weighted by molar-refractivity contribution is 6.17. The molecule has 2 nitrogen and oxygen atoms in total. The Morgan fingerprint density at radius 1 is 1.06 bits per heavy atom. The van der Waals surface area contributed by atoms with Crippen LogP contribution >= 0.6 is 36.4 Å². The fraction of sp³-hybridized carbons (Fsp3) is 0.538. The molecule has 0 amide bonds. The molecule has 1 aromatic rings. The Kier molecular flexibility index (Phi) is 9.01. The largest absolute Gasteiger partial charge is 0.304 e. The van der Waals surface area contributed by atoms with Crippen LogP contribution in [0.1, 0.15) is 11.1 Å². The van der Waals surface area contributed by atoms with Gasteiger partial charge >= 0.3 is 0 Å². The fourth-order valence-electron chi connectivity index (χ4n) is 2.08. The van der Waals surface area contributed by atoms with Gasteiger partial charge in [-0.2, -0.15) is 0 Å². The first-order chi connectivity index (χ1) is 7.78. The normalized spacial score (nSPS) is 16.8. The molecule has 0 atom stereocenters. The minimum Gasteiger partial charge on any atom is -0.304 e. The number of nitrogens with zero attached hydrogens (tertiary/aromatic N) is 2. The van der Waals surface area contributed by atoms with E-state index in [0.717, 1.165) is 6.54 Å². The standard InChI is InChI=1S/C13H19ClN2.2ClH/c1-15-5-7-16(8-6-15)11-13-4-2-3-12(9-13)10-14;;/h2-4,9H,5-8,10-11H2,1H3;2*1H. The van der Waals surface area contributed by atoms with E-state index in [9.17, 15) is 0 Å². The minimum absolute atomic E-state index is 0. The Morgan fingerprint density at radius 3 is 2.28 bits per heavy atom. The van der Waals surface area contributed by atoms with Gasteiger partial charge in [-0.25, -0.2) is 0 Å². The number of piperazine rings is 1. The van der Waals surface area contributed by atoms with Gasteiger partial charge in [0.1, 0.15) is 0 Å². The Morgan fingerprint density at radius 2 is 1.67 bits per heavy atom. The minimum atomic E-state index is 0. The van der Waals surface area contributed by atoms with Gasteiger partial charge in [-0.1, -0.05) is 24.3 Å². The lowest BCUT2D eigenvalue weighted by atomic mass is 10.1. The van der Waals surface area contributed by atoms with Crippen molar-refractivity contribution in [1.82, 2.24) is 9.80 Å². The van der Waals surface area contributed by atoms with Crippen molar-refractivity contribution >= 4 is 36.4 Å². The molecule has 1 aromatic carbocycles. The number of rotatable bonds is 3. The molecule has 5 heteroatoms. The summed E-state index contributed by atoms with van der Waals surface area (Å²) in [6.07, 6.45) is 0. The number of hydrogen-bond donors (Lipinski definition) is 0. The van der Waals surface area contributed by atoms with Crippen molar-refractivity contribution in [1.29, 1.82) is 0 Å². The maximum atomic E-state index is 5.84. The Bertz CT molecular complexity index is 339. The third-order valence-electron chi connectivity index (χ3n) is 3.15. The van der Waals surface area contributed by atoms with E-state index >= 15 is 0 Å². The molecular formula is C13H21Cl3N2. The first-order valence-electron chi connectivity index (χ1n) is 5.82. The maximum Gasteiger partial charge on any atom is 0.0474 e. The smallest absolute Gasteiger partial charge is 0.0474 e. The molecule has 0 spiro atoms. The van der Waals surface area contributed by atoms with E-state index < -0.39 is 0 Å². The second-order valence-corrected chi connectivity index (χ2v) is 4.80. The van der Waals surface area contributed by atoms with Gasteiger partial charge in [-0.15, -0.1) is 36.4 Å². The molecule has 0 radical (unpaired) electrons. The van der Waals surface area contributed by atoms with Crippen LogP contribution in [0.5, 0.6) is 0 Å². The Hall–Kier alpha value is 0.01000. The van der Waals surface area contributed by atoms with Gasteiger partial charge in [-0.05, 0) is 18.2 Å². The molecule has 0 aliphatic carbocycles. The van der Waals surface area contributed by atoms with Crippen molar-refractivity contribution in [2.24, 2.45) is 0 Å². The zero-order valence-corrected chi connectivity index (χ0v) is 13.0. The van der Waals surface area contributed by atoms with E-state index in [1.165, 1.54) is 37.3 Å². The molecule has 0 unspecified atom stereocenters. The topological polar surface area (TPSA) is 6.48 Å². The van der Waals surface area contributed by atoms with Crippen LogP contribution in [-0.2, 0) is 12.4 Å². The molecule has 1 saturated heterocycles. The van der Waals surface area contributed by atoms with Gasteiger partial charge in [0, 0.05) is 38.6 Å². The summed E-state index contributed by atoms with van der Waals surface area (Å²) in [5.41, 5.74) is 2.59. The van der Waals surface area contributed by atoms with Crippen molar-refractivity contribution in [3.8, 4) is 0 Å². The van der Waals surface area contributed by atoms with Crippen molar-refractivity contribution < 1.29 is 0 Å². The van der Waals surface area contributed by atoms with Crippen molar-refractivity contribution in [3.63, 3.8) is 0 Å². The van der Waals surface area contributed by atoms with E-state index in [1.54, 1.807) is 0 Å². The number of alkyl halides is 1. The first-order valence-corrected chi connectivity index (χ1v) is 6.36. The van der Waals surface area contributed by atoms with Gasteiger partial charge in [0.25, 0.3) is 0 Å². The van der Waals surface area contributed by atoms with Crippen molar-refractivity contribution in [2.75, 3.05) is 33.2 Å². The highest BCUT2D eigenvalue weighted by Gasteiger charge is 2.13. The van der Waals surface area contributed by atoms with Crippen LogP contribution in [-0.4, -0.2) is 43.0 Å². The summed E-state index contributed by atoms with van der Waals surface area (Å²) in [4.78, 5) is 4.89. The predicted molar refractivity (Wildman–Crippen MR) is 83.3 cm³/mol. The Labute approximate surface area is 127 Å². The van der Waals surface area contributed by atoms with Gasteiger partial charge in [0.2, 0.25) is 0 Å². The summed E-state index contributed by atoms with van der Waals surface area (Å²) in [5, 5.41) is 0. The molecule has 1 aliphatic heterocycles. The molecule has 104 valence electrons. The quantitative estimate of drug-likeness (QED) is 0.792. The molecule has 0 bridgehead atoms. The van der Waals surface area contributed by atoms with Crippen LogP contribution in [0.3, 0.4) is 0 Å². The number of hydrogen-bond acceptors (Lipinski definition) is 2. The third-order valence-corrected chi connectivity index (χ3v) is 3.46. The summed E-state index contributed by atoms with van der Waals surface area (Å²) >= 11 is 5.84. The molecule has 0 N–H and O–H groups in total. The van der Waals surface area contributed by atoms with E-state index in [4.69, 9.17) is 11.6 Å². The average molecular weight is 312 g/mol. The van der Waals surface area contributed by atoms with E-state index in [0.29, 0.717) is 5.88 Å². The highest BCUT2D eigenvalue weighted by Crippen LogP contribution is 2.11. The van der Waals surface area contributed by atoms with Crippen LogP contribution < -0.4 is 0 Å². The highest BCUT2D eigenvalue weighted by atomic mass is 35.5. The molecule has 1 fully saturated rings. The predicted octanol–water partition coefficient (Wildman–Crippen LogP) is 3.02. The van der Waals surface area contributed by atoms with E-state index in [2.05, 4.69) is 41.1 Å². The lowest BCUT2D eigenvalue weighted by Gasteiger charge is -2.32. The van der Waals surface area contributed by atoms with Crippen molar-refractivity contribution in [2.45, 2.75) is 12.4 Å². The summed E-state index contributed by atoms with van der Waals surface area (Å²) in [6, 6.07) is 8.59. The summed E-state index contributed by atoms with van der Waals surface area (Å²) in [7, 11) is 2.19. The van der Waals surface area contributed by atoms with Crippen LogP contribution in [0.4, 0.5) is 0 Å². The number of halogens is 3. The second-order valence-electron chi connectivity index (χ2n) is 4.53. The lowest BCUT2D eigenvalue weighted by Crippen LogP contribution is -2.43. The summed E-state index contributed by atoms with van der Waals surface area (Å²) in [6.45, 7) is 5.74. The molecule has 1 heterocycles. The maximum absolute atomic E-state index is 5.84. The fourth-order valence-corrected chi connectivity index (χ4v) is 2.24. The lowest BCUT2D eigenvalue weighted by molar-refractivity contribution is 0.148. The van der Waals surface area contributed by atoms with Crippen LogP contribution in [0.25, 0.3) is 0 Å². The van der Waals surface area contributed by atoms with Crippen molar-refractivity contribution in [3.05, 3.63) is 35.4 Å². The van der Waals surface area contributed by atoms with Crippen LogP contribution in [0.15, 0.2) is 24.3 Å². The molecule has 0 aromatic heterocycles. The first kappa shape index (κ1) is 18.0. The SMILES string of the molecule is CN1CCN(Cc2cccc(CCl)c2)CC1.Cl.Cl. The Balaban J connectivity index is 0.00000144. The van der Waals surface area contributed by atoms with Crippen LogP contribution in [0, 0.1) is 0 Å². The number of benzene rings is 1. The molecule has 0 saturated carbocycles. The van der Waals surface area contributed by atoms with Crippen LogP contribution in [0.2, 0.25) is 0 Å². The second kappa shape index (κ2) is 9.00. The van der Waals surface area contributed by atoms with E-state index in [1.807, 2.05) is 0 Å². The zero-order valence-electron chi connectivity index (χ0n) is 10.6. The third kappa shape index (κ3) is 5.33. The van der Waals surface area contributed by atoms with E-state index in [-0.39, 0.29) is 24.8 Å². The molecule has 18 heavy (non-hydrogen) atoms.